The van der Waals surface area contributed by atoms with E-state index >= 15 is 0 Å². The molecule has 0 saturated heterocycles. The number of amides is 1. The van der Waals surface area contributed by atoms with E-state index in [9.17, 15) is 9.18 Å². The monoisotopic (exact) mass is 285 g/mol. The maximum Gasteiger partial charge on any atom is 0.405 e. The van der Waals surface area contributed by atoms with Crippen LogP contribution in [0.3, 0.4) is 0 Å². The van der Waals surface area contributed by atoms with E-state index in [-0.39, 0.29) is 11.7 Å². The van der Waals surface area contributed by atoms with Crippen LogP contribution in [0.15, 0.2) is 48.5 Å². The fourth-order valence-corrected chi connectivity index (χ4v) is 3.04. The van der Waals surface area contributed by atoms with Crippen LogP contribution in [0.5, 0.6) is 0 Å². The van der Waals surface area contributed by atoms with Gasteiger partial charge in [-0.05, 0) is 41.7 Å². The largest absolute Gasteiger partial charge is 0.441 e. The first kappa shape index (κ1) is 13.6. The molecular formula is C17H16FNO2. The minimum Gasteiger partial charge on any atom is -0.441 e. The van der Waals surface area contributed by atoms with Crippen molar-refractivity contribution in [1.29, 1.82) is 0 Å². The maximum absolute atomic E-state index is 13.3. The highest BCUT2D eigenvalue weighted by Crippen LogP contribution is 2.37. The Morgan fingerprint density at radius 1 is 1.14 bits per heavy atom. The van der Waals surface area contributed by atoms with E-state index in [0.717, 1.165) is 23.1 Å². The number of hydrogen-bond acceptors (Lipinski definition) is 2. The van der Waals surface area contributed by atoms with Crippen molar-refractivity contribution in [1.82, 2.24) is 0 Å². The van der Waals surface area contributed by atoms with Gasteiger partial charge in [-0.3, -0.25) is 0 Å². The Labute approximate surface area is 122 Å². The second kappa shape index (κ2) is 5.56. The van der Waals surface area contributed by atoms with Crippen molar-refractivity contribution in [3.05, 3.63) is 71.0 Å². The molecule has 3 nitrogen and oxygen atoms in total. The number of carbonyl (C=O) groups is 1. The third kappa shape index (κ3) is 2.89. The minimum absolute atomic E-state index is 0.0803. The summed E-state index contributed by atoms with van der Waals surface area (Å²) in [6.45, 7) is 0. The lowest BCUT2D eigenvalue weighted by Crippen LogP contribution is -2.23. The number of halogens is 1. The quantitative estimate of drug-likeness (QED) is 0.940. The van der Waals surface area contributed by atoms with Crippen LogP contribution in [0.2, 0.25) is 0 Å². The Bertz CT molecular complexity index is 657. The van der Waals surface area contributed by atoms with Crippen LogP contribution < -0.4 is 5.73 Å². The lowest BCUT2D eigenvalue weighted by molar-refractivity contribution is 0.0705. The lowest BCUT2D eigenvalue weighted by atomic mass is 9.93. The van der Waals surface area contributed by atoms with Crippen LogP contribution in [0, 0.1) is 11.7 Å². The number of nitrogens with two attached hydrogens (primary N) is 1. The lowest BCUT2D eigenvalue weighted by Gasteiger charge is -2.23. The summed E-state index contributed by atoms with van der Waals surface area (Å²) >= 11 is 0. The molecule has 0 aromatic heterocycles. The molecule has 0 radical (unpaired) electrons. The molecule has 1 amide bonds. The molecule has 2 atom stereocenters. The molecule has 0 heterocycles. The summed E-state index contributed by atoms with van der Waals surface area (Å²) in [5, 5.41) is 0. The van der Waals surface area contributed by atoms with Crippen molar-refractivity contribution in [2.75, 3.05) is 0 Å². The third-order valence-corrected chi connectivity index (χ3v) is 3.93. The predicted octanol–water partition coefficient (Wildman–Crippen LogP) is 3.38. The van der Waals surface area contributed by atoms with Gasteiger partial charge in [0.15, 0.2) is 0 Å². The van der Waals surface area contributed by atoms with Gasteiger partial charge in [0.25, 0.3) is 0 Å². The van der Waals surface area contributed by atoms with Crippen LogP contribution in [0.4, 0.5) is 9.18 Å². The van der Waals surface area contributed by atoms with Gasteiger partial charge in [0.05, 0.1) is 0 Å². The molecule has 3 rings (SSSR count). The fourth-order valence-electron chi connectivity index (χ4n) is 3.04. The average Bonchev–Trinajstić information content (AvgIpc) is 2.88. The van der Waals surface area contributed by atoms with Crippen LogP contribution in [0.25, 0.3) is 0 Å². The van der Waals surface area contributed by atoms with Crippen LogP contribution >= 0.6 is 0 Å². The SMILES string of the molecule is NC(=O)OC(c1ccccc1)[C@@H]1Cc2ccc(F)cc2C1. The third-order valence-electron chi connectivity index (χ3n) is 3.93. The molecule has 0 saturated carbocycles. The molecule has 2 aromatic carbocycles. The van der Waals surface area contributed by atoms with Gasteiger partial charge in [-0.25, -0.2) is 9.18 Å². The van der Waals surface area contributed by atoms with Crippen LogP contribution in [-0.4, -0.2) is 6.09 Å². The second-order valence-corrected chi connectivity index (χ2v) is 5.35. The smallest absolute Gasteiger partial charge is 0.405 e. The van der Waals surface area contributed by atoms with Gasteiger partial charge in [-0.1, -0.05) is 36.4 Å². The van der Waals surface area contributed by atoms with Gasteiger partial charge in [-0.2, -0.15) is 0 Å². The van der Waals surface area contributed by atoms with E-state index in [4.69, 9.17) is 10.5 Å². The highest BCUT2D eigenvalue weighted by molar-refractivity contribution is 5.65. The number of carbonyl (C=O) groups excluding carboxylic acids is 1. The summed E-state index contributed by atoms with van der Waals surface area (Å²) in [4.78, 5) is 11.2. The van der Waals surface area contributed by atoms with Gasteiger partial charge >= 0.3 is 6.09 Å². The minimum atomic E-state index is -0.786. The van der Waals surface area contributed by atoms with Crippen molar-refractivity contribution in [3.63, 3.8) is 0 Å². The Hall–Kier alpha value is -2.36. The zero-order valence-electron chi connectivity index (χ0n) is 11.5. The first-order valence-electron chi connectivity index (χ1n) is 6.92. The van der Waals surface area contributed by atoms with Gasteiger partial charge in [0, 0.05) is 5.92 Å². The van der Waals surface area contributed by atoms with Gasteiger partial charge < -0.3 is 10.5 Å². The number of ether oxygens (including phenoxy) is 1. The predicted molar refractivity (Wildman–Crippen MR) is 77.1 cm³/mol. The molecule has 2 aromatic rings. The highest BCUT2D eigenvalue weighted by atomic mass is 19.1. The van der Waals surface area contributed by atoms with Gasteiger partial charge in [0.1, 0.15) is 11.9 Å². The zero-order chi connectivity index (χ0) is 14.8. The number of primary amides is 1. The second-order valence-electron chi connectivity index (χ2n) is 5.35. The Balaban J connectivity index is 1.87. The van der Waals surface area contributed by atoms with E-state index in [1.807, 2.05) is 30.3 Å². The normalized spacial score (nSPS) is 18.0. The van der Waals surface area contributed by atoms with Crippen molar-refractivity contribution < 1.29 is 13.9 Å². The van der Waals surface area contributed by atoms with E-state index in [0.29, 0.717) is 6.42 Å². The maximum atomic E-state index is 13.3. The molecule has 0 aliphatic heterocycles. The molecule has 2 N–H and O–H groups in total. The number of hydrogen-bond donors (Lipinski definition) is 1. The van der Waals surface area contributed by atoms with Crippen molar-refractivity contribution in [2.45, 2.75) is 18.9 Å². The summed E-state index contributed by atoms with van der Waals surface area (Å²) in [7, 11) is 0. The number of benzene rings is 2. The van der Waals surface area contributed by atoms with Crippen molar-refractivity contribution >= 4 is 6.09 Å². The van der Waals surface area contributed by atoms with E-state index in [1.54, 1.807) is 12.1 Å². The number of rotatable bonds is 3. The summed E-state index contributed by atoms with van der Waals surface area (Å²) in [6.07, 6.45) is 0.243. The first-order chi connectivity index (χ1) is 10.1. The van der Waals surface area contributed by atoms with E-state index in [2.05, 4.69) is 0 Å². The van der Waals surface area contributed by atoms with Crippen LogP contribution in [0.1, 0.15) is 22.8 Å². The summed E-state index contributed by atoms with van der Waals surface area (Å²) in [6, 6.07) is 14.4. The molecule has 1 unspecified atom stereocenters. The first-order valence-corrected chi connectivity index (χ1v) is 6.92. The molecule has 21 heavy (non-hydrogen) atoms. The fraction of sp³-hybridized carbons (Fsp3) is 0.235. The van der Waals surface area contributed by atoms with Crippen molar-refractivity contribution in [2.24, 2.45) is 11.7 Å². The Morgan fingerprint density at radius 2 is 1.86 bits per heavy atom. The average molecular weight is 285 g/mol. The van der Waals surface area contributed by atoms with E-state index in [1.165, 1.54) is 6.07 Å². The molecule has 0 spiro atoms. The molecule has 1 aliphatic rings. The molecule has 0 fully saturated rings. The molecule has 1 aliphatic carbocycles. The van der Waals surface area contributed by atoms with Gasteiger partial charge in [0.2, 0.25) is 0 Å². The summed E-state index contributed by atoms with van der Waals surface area (Å²) in [5.74, 6) is -0.154. The molecule has 4 heteroatoms. The summed E-state index contributed by atoms with van der Waals surface area (Å²) in [5.41, 5.74) is 8.21. The molecule has 108 valence electrons. The standard InChI is InChI=1S/C17H16FNO2/c18-15-7-6-12-8-14(9-13(12)10-15)16(21-17(19)20)11-4-2-1-3-5-11/h1-7,10,14,16H,8-9H2,(H2,19,20)/t14-,16?/m1/s1. The van der Waals surface area contributed by atoms with E-state index < -0.39 is 12.2 Å². The Morgan fingerprint density at radius 3 is 2.57 bits per heavy atom. The topological polar surface area (TPSA) is 52.3 Å². The highest BCUT2D eigenvalue weighted by Gasteiger charge is 2.32. The van der Waals surface area contributed by atoms with Crippen molar-refractivity contribution in [3.8, 4) is 0 Å². The zero-order valence-corrected chi connectivity index (χ0v) is 11.5. The molecule has 0 bridgehead atoms. The Kier molecular flexibility index (Phi) is 3.60. The summed E-state index contributed by atoms with van der Waals surface area (Å²) < 4.78 is 18.6. The van der Waals surface area contributed by atoms with Crippen LogP contribution in [-0.2, 0) is 17.6 Å². The van der Waals surface area contributed by atoms with Gasteiger partial charge in [-0.15, -0.1) is 0 Å². The number of fused-ring (bicyclic) bond motifs is 1. The molecular weight excluding hydrogens is 269 g/mol.